The molecule has 3 rings (SSSR count). The van der Waals surface area contributed by atoms with E-state index in [1.54, 1.807) is 0 Å². The van der Waals surface area contributed by atoms with Crippen LogP contribution in [0.15, 0.2) is 36.9 Å². The first-order valence-corrected chi connectivity index (χ1v) is 5.70. The van der Waals surface area contributed by atoms with Gasteiger partial charge in [-0.25, -0.2) is 4.98 Å². The average Bonchev–Trinajstić information content (AvgIpc) is 2.97. The summed E-state index contributed by atoms with van der Waals surface area (Å²) >= 11 is 0. The Balaban J connectivity index is 2.17. The highest BCUT2D eigenvalue weighted by Crippen LogP contribution is 2.36. The van der Waals surface area contributed by atoms with Gasteiger partial charge in [0.1, 0.15) is 0 Å². The lowest BCUT2D eigenvalue weighted by molar-refractivity contribution is 0.685. The van der Waals surface area contributed by atoms with E-state index in [2.05, 4.69) is 27.8 Å². The predicted molar refractivity (Wildman–Crippen MR) is 63.7 cm³/mol. The molecule has 1 aromatic heterocycles. The maximum Gasteiger partial charge on any atom is 0.0991 e. The molecule has 2 aromatic rings. The van der Waals surface area contributed by atoms with E-state index in [0.29, 0.717) is 5.92 Å². The van der Waals surface area contributed by atoms with Crippen molar-refractivity contribution in [3.05, 3.63) is 48.0 Å². The number of aryl methyl sites for hydroxylation is 1. The second-order valence-electron chi connectivity index (χ2n) is 4.29. The molecule has 82 valence electrons. The zero-order valence-corrected chi connectivity index (χ0v) is 9.13. The van der Waals surface area contributed by atoms with E-state index in [1.165, 1.54) is 23.2 Å². The van der Waals surface area contributed by atoms with Crippen molar-refractivity contribution < 1.29 is 0 Å². The fourth-order valence-corrected chi connectivity index (χ4v) is 2.63. The van der Waals surface area contributed by atoms with Crippen LogP contribution in [0.2, 0.25) is 0 Å². The summed E-state index contributed by atoms with van der Waals surface area (Å²) in [7, 11) is 0. The van der Waals surface area contributed by atoms with Gasteiger partial charge in [0, 0.05) is 12.4 Å². The Morgan fingerprint density at radius 3 is 3.12 bits per heavy atom. The molecule has 3 heteroatoms. The third kappa shape index (κ3) is 1.36. The Bertz CT molecular complexity index is 488. The molecule has 0 saturated carbocycles. The van der Waals surface area contributed by atoms with Crippen LogP contribution in [0.4, 0.5) is 0 Å². The van der Waals surface area contributed by atoms with Gasteiger partial charge in [-0.2, -0.15) is 0 Å². The summed E-state index contributed by atoms with van der Waals surface area (Å²) in [5, 5.41) is 0. The number of nitrogens with two attached hydrogens (primary N) is 1. The van der Waals surface area contributed by atoms with E-state index < -0.39 is 0 Å². The number of aromatic nitrogens is 2. The Kier molecular flexibility index (Phi) is 2.26. The van der Waals surface area contributed by atoms with Gasteiger partial charge in [0.25, 0.3) is 0 Å². The highest BCUT2D eigenvalue weighted by Gasteiger charge is 2.24. The summed E-state index contributed by atoms with van der Waals surface area (Å²) in [4.78, 5) is 4.11. The van der Waals surface area contributed by atoms with Crippen LogP contribution in [0.25, 0.3) is 5.69 Å². The van der Waals surface area contributed by atoms with E-state index in [4.69, 9.17) is 5.73 Å². The van der Waals surface area contributed by atoms with E-state index >= 15 is 0 Å². The first kappa shape index (κ1) is 9.60. The molecule has 0 bridgehead atoms. The molecule has 0 saturated heterocycles. The Hall–Kier alpha value is -1.61. The van der Waals surface area contributed by atoms with Crippen molar-refractivity contribution in [1.29, 1.82) is 0 Å². The maximum absolute atomic E-state index is 5.85. The molecule has 0 spiro atoms. The van der Waals surface area contributed by atoms with Gasteiger partial charge in [0.05, 0.1) is 12.0 Å². The van der Waals surface area contributed by atoms with Gasteiger partial charge >= 0.3 is 0 Å². The number of hydrogen-bond acceptors (Lipinski definition) is 2. The zero-order valence-electron chi connectivity index (χ0n) is 9.13. The third-order valence-corrected chi connectivity index (χ3v) is 3.41. The molecule has 1 aromatic carbocycles. The fourth-order valence-electron chi connectivity index (χ4n) is 2.63. The Morgan fingerprint density at radius 1 is 1.44 bits per heavy atom. The molecule has 1 aliphatic carbocycles. The summed E-state index contributed by atoms with van der Waals surface area (Å²) in [6.45, 7) is 0.735. The molecule has 1 aliphatic rings. The van der Waals surface area contributed by atoms with Crippen molar-refractivity contribution in [1.82, 2.24) is 9.55 Å². The van der Waals surface area contributed by atoms with E-state index in [9.17, 15) is 0 Å². The van der Waals surface area contributed by atoms with Gasteiger partial charge in [0.2, 0.25) is 0 Å². The smallest absolute Gasteiger partial charge is 0.0991 e. The zero-order chi connectivity index (χ0) is 11.0. The van der Waals surface area contributed by atoms with Crippen LogP contribution in [0.5, 0.6) is 0 Å². The van der Waals surface area contributed by atoms with Crippen LogP contribution in [-0.4, -0.2) is 16.1 Å². The molecule has 2 N–H and O–H groups in total. The van der Waals surface area contributed by atoms with E-state index in [1.807, 2.05) is 18.7 Å². The molecule has 1 unspecified atom stereocenters. The minimum atomic E-state index is 0.508. The Labute approximate surface area is 94.9 Å². The molecule has 0 fully saturated rings. The molecule has 0 amide bonds. The van der Waals surface area contributed by atoms with Gasteiger partial charge < -0.3 is 10.3 Å². The maximum atomic E-state index is 5.85. The van der Waals surface area contributed by atoms with Crippen LogP contribution in [0, 0.1) is 0 Å². The van der Waals surface area contributed by atoms with Gasteiger partial charge in [-0.05, 0) is 42.5 Å². The van der Waals surface area contributed by atoms with Crippen LogP contribution in [0.3, 0.4) is 0 Å². The highest BCUT2D eigenvalue weighted by molar-refractivity contribution is 5.51. The summed E-state index contributed by atoms with van der Waals surface area (Å²) in [6.07, 6.45) is 7.98. The highest BCUT2D eigenvalue weighted by atomic mass is 15.0. The summed E-state index contributed by atoms with van der Waals surface area (Å²) in [6, 6.07) is 6.48. The van der Waals surface area contributed by atoms with E-state index in [0.717, 1.165) is 13.0 Å². The van der Waals surface area contributed by atoms with Crippen LogP contribution in [-0.2, 0) is 6.42 Å². The van der Waals surface area contributed by atoms with Gasteiger partial charge in [-0.3, -0.25) is 0 Å². The monoisotopic (exact) mass is 213 g/mol. The largest absolute Gasteiger partial charge is 0.330 e. The van der Waals surface area contributed by atoms with E-state index in [-0.39, 0.29) is 0 Å². The fraction of sp³-hybridized carbons (Fsp3) is 0.308. The summed E-state index contributed by atoms with van der Waals surface area (Å²) in [5.41, 5.74) is 9.95. The van der Waals surface area contributed by atoms with Crippen molar-refractivity contribution in [2.24, 2.45) is 5.73 Å². The number of rotatable bonds is 2. The number of hydrogen-bond donors (Lipinski definition) is 1. The average molecular weight is 213 g/mol. The molecule has 0 radical (unpaired) electrons. The quantitative estimate of drug-likeness (QED) is 0.827. The normalized spacial score (nSPS) is 18.7. The lowest BCUT2D eigenvalue weighted by atomic mass is 9.99. The lowest BCUT2D eigenvalue weighted by Crippen LogP contribution is -2.11. The van der Waals surface area contributed by atoms with Crippen molar-refractivity contribution >= 4 is 0 Å². The lowest BCUT2D eigenvalue weighted by Gasteiger charge is -2.14. The second-order valence-corrected chi connectivity index (χ2v) is 4.29. The summed E-state index contributed by atoms with van der Waals surface area (Å²) in [5.74, 6) is 0.508. The molecule has 3 nitrogen and oxygen atoms in total. The van der Waals surface area contributed by atoms with Gasteiger partial charge in [-0.15, -0.1) is 0 Å². The molecular weight excluding hydrogens is 198 g/mol. The topological polar surface area (TPSA) is 43.8 Å². The Morgan fingerprint density at radius 2 is 2.38 bits per heavy atom. The van der Waals surface area contributed by atoms with Crippen molar-refractivity contribution in [2.45, 2.75) is 18.8 Å². The van der Waals surface area contributed by atoms with Crippen LogP contribution in [0.1, 0.15) is 23.5 Å². The molecule has 0 aliphatic heterocycles. The van der Waals surface area contributed by atoms with Crippen molar-refractivity contribution in [2.75, 3.05) is 6.54 Å². The second kappa shape index (κ2) is 3.76. The summed E-state index contributed by atoms with van der Waals surface area (Å²) < 4.78 is 2.08. The standard InChI is InChI=1S/C13H15N3/c14-8-11-5-4-10-2-1-3-12(13(10)11)16-7-6-15-9-16/h1-3,6-7,9,11H,4-5,8,14H2. The first-order chi connectivity index (χ1) is 7.90. The van der Waals surface area contributed by atoms with Crippen molar-refractivity contribution in [3.63, 3.8) is 0 Å². The minimum Gasteiger partial charge on any atom is -0.330 e. The number of imidazole rings is 1. The SMILES string of the molecule is NCC1CCc2cccc(-n3ccnc3)c21. The van der Waals surface area contributed by atoms with Gasteiger partial charge in [-0.1, -0.05) is 12.1 Å². The number of nitrogens with zero attached hydrogens (tertiary/aromatic N) is 2. The first-order valence-electron chi connectivity index (χ1n) is 5.70. The minimum absolute atomic E-state index is 0.508. The molecule has 1 atom stereocenters. The molecule has 1 heterocycles. The van der Waals surface area contributed by atoms with Crippen LogP contribution < -0.4 is 5.73 Å². The number of benzene rings is 1. The van der Waals surface area contributed by atoms with Gasteiger partial charge in [0.15, 0.2) is 0 Å². The van der Waals surface area contributed by atoms with Crippen LogP contribution >= 0.6 is 0 Å². The van der Waals surface area contributed by atoms with Crippen molar-refractivity contribution in [3.8, 4) is 5.69 Å². The molecule has 16 heavy (non-hydrogen) atoms. The third-order valence-electron chi connectivity index (χ3n) is 3.41. The predicted octanol–water partition coefficient (Wildman–Crippen LogP) is 1.86. The molecular formula is C13H15N3. The number of fused-ring (bicyclic) bond motifs is 1.